The topological polar surface area (TPSA) is 64.9 Å². The summed E-state index contributed by atoms with van der Waals surface area (Å²) >= 11 is 0. The van der Waals surface area contributed by atoms with E-state index >= 15 is 0 Å². The molecule has 2 atom stereocenters. The Morgan fingerprint density at radius 1 is 1.26 bits per heavy atom. The van der Waals surface area contributed by atoms with Gasteiger partial charge in [0.1, 0.15) is 11.4 Å². The second-order valence-corrected chi connectivity index (χ2v) is 6.67. The molecule has 1 rings (SSSR count). The van der Waals surface area contributed by atoms with Crippen molar-refractivity contribution in [1.82, 2.24) is 10.6 Å². The Hall–Kier alpha value is -1.93. The van der Waals surface area contributed by atoms with Crippen molar-refractivity contribution in [3.8, 4) is 6.07 Å². The van der Waals surface area contributed by atoms with E-state index in [2.05, 4.69) is 16.7 Å². The van der Waals surface area contributed by atoms with Gasteiger partial charge < -0.3 is 10.6 Å². The van der Waals surface area contributed by atoms with E-state index in [9.17, 15) is 14.4 Å². The van der Waals surface area contributed by atoms with E-state index < -0.39 is 5.54 Å². The highest BCUT2D eigenvalue weighted by Crippen LogP contribution is 2.21. The van der Waals surface area contributed by atoms with Gasteiger partial charge in [-0.05, 0) is 36.5 Å². The molecule has 0 fully saturated rings. The molecule has 0 radical (unpaired) electrons. The molecule has 0 bridgehead atoms. The molecule has 0 heterocycles. The minimum absolute atomic E-state index is 0.00874. The lowest BCUT2D eigenvalue weighted by Crippen LogP contribution is -2.51. The van der Waals surface area contributed by atoms with E-state index in [1.165, 1.54) is 12.1 Å². The minimum Gasteiger partial charge on any atom is -0.337 e. The van der Waals surface area contributed by atoms with E-state index in [1.54, 1.807) is 19.1 Å². The summed E-state index contributed by atoms with van der Waals surface area (Å²) in [5.74, 6) is -0.263. The Morgan fingerprint density at radius 2 is 1.83 bits per heavy atom. The third-order valence-corrected chi connectivity index (χ3v) is 4.16. The van der Waals surface area contributed by atoms with Crippen LogP contribution in [0.1, 0.15) is 46.2 Å². The van der Waals surface area contributed by atoms with Crippen LogP contribution in [0.2, 0.25) is 0 Å². The van der Waals surface area contributed by atoms with Crippen molar-refractivity contribution in [2.45, 2.75) is 46.2 Å². The first kappa shape index (κ1) is 19.1. The number of carbonyl (C=O) groups excluding carboxylic acids is 1. The van der Waals surface area contributed by atoms with Gasteiger partial charge in [0.05, 0.1) is 12.6 Å². The van der Waals surface area contributed by atoms with Gasteiger partial charge in [-0.15, -0.1) is 0 Å². The van der Waals surface area contributed by atoms with Crippen molar-refractivity contribution < 1.29 is 9.18 Å². The van der Waals surface area contributed by atoms with Crippen LogP contribution < -0.4 is 10.6 Å². The van der Waals surface area contributed by atoms with Crippen LogP contribution in [0.4, 0.5) is 4.39 Å². The predicted octanol–water partition coefficient (Wildman–Crippen LogP) is 3.17. The molecule has 0 saturated carbocycles. The maximum atomic E-state index is 13.1. The molecule has 1 aromatic carbocycles. The van der Waals surface area contributed by atoms with E-state index in [0.29, 0.717) is 0 Å². The van der Waals surface area contributed by atoms with Gasteiger partial charge >= 0.3 is 0 Å². The molecule has 0 spiro atoms. The molecule has 0 saturated heterocycles. The van der Waals surface area contributed by atoms with Gasteiger partial charge in [0.15, 0.2) is 0 Å². The molecule has 0 unspecified atom stereocenters. The normalized spacial score (nSPS) is 15.1. The van der Waals surface area contributed by atoms with Crippen molar-refractivity contribution in [2.24, 2.45) is 11.8 Å². The van der Waals surface area contributed by atoms with E-state index in [-0.39, 0.29) is 36.1 Å². The van der Waals surface area contributed by atoms with Gasteiger partial charge in [-0.25, -0.2) is 4.39 Å². The van der Waals surface area contributed by atoms with Gasteiger partial charge in [0, 0.05) is 6.04 Å². The summed E-state index contributed by atoms with van der Waals surface area (Å²) in [6.45, 7) is 9.68. The zero-order valence-corrected chi connectivity index (χ0v) is 14.5. The fourth-order valence-electron chi connectivity index (χ4n) is 2.25. The SMILES string of the molecule is CC(C)[C@H](NCC(=O)N[C@](C)(C#N)C(C)C)c1ccc(F)cc1. The summed E-state index contributed by atoms with van der Waals surface area (Å²) in [5, 5.41) is 15.2. The molecule has 1 amide bonds. The van der Waals surface area contributed by atoms with Gasteiger partial charge in [0.2, 0.25) is 5.91 Å². The van der Waals surface area contributed by atoms with Gasteiger partial charge in [-0.1, -0.05) is 39.8 Å². The number of amides is 1. The Balaban J connectivity index is 2.71. The highest BCUT2D eigenvalue weighted by molar-refractivity contribution is 5.79. The van der Waals surface area contributed by atoms with Crippen LogP contribution in [0, 0.1) is 29.0 Å². The third kappa shape index (κ3) is 5.33. The molecule has 2 N–H and O–H groups in total. The molecule has 0 aromatic heterocycles. The lowest BCUT2D eigenvalue weighted by molar-refractivity contribution is -0.122. The number of halogens is 1. The van der Waals surface area contributed by atoms with Crippen molar-refractivity contribution in [2.75, 3.05) is 6.54 Å². The fourth-order valence-corrected chi connectivity index (χ4v) is 2.25. The summed E-state index contributed by atoms with van der Waals surface area (Å²) in [6.07, 6.45) is 0. The Labute approximate surface area is 138 Å². The number of nitriles is 1. The Morgan fingerprint density at radius 3 is 2.26 bits per heavy atom. The zero-order valence-electron chi connectivity index (χ0n) is 14.5. The van der Waals surface area contributed by atoms with Crippen LogP contribution in [-0.4, -0.2) is 18.0 Å². The van der Waals surface area contributed by atoms with E-state index in [1.807, 2.05) is 27.7 Å². The number of nitrogens with zero attached hydrogens (tertiary/aromatic N) is 1. The largest absolute Gasteiger partial charge is 0.337 e. The number of carbonyl (C=O) groups is 1. The van der Waals surface area contributed by atoms with Crippen molar-refractivity contribution >= 4 is 5.91 Å². The van der Waals surface area contributed by atoms with Crippen LogP contribution >= 0.6 is 0 Å². The summed E-state index contributed by atoms with van der Waals surface area (Å²) in [5.41, 5.74) is 0.0446. The highest BCUT2D eigenvalue weighted by atomic mass is 19.1. The van der Waals surface area contributed by atoms with Gasteiger partial charge in [-0.2, -0.15) is 5.26 Å². The Bertz CT molecular complexity index is 563. The molecular weight excluding hydrogens is 293 g/mol. The molecule has 0 aliphatic heterocycles. The van der Waals surface area contributed by atoms with Crippen LogP contribution in [0.25, 0.3) is 0 Å². The van der Waals surface area contributed by atoms with Gasteiger partial charge in [-0.3, -0.25) is 4.79 Å². The molecular formula is C18H26FN3O. The fraction of sp³-hybridized carbons (Fsp3) is 0.556. The Kier molecular flexibility index (Phi) is 6.71. The summed E-state index contributed by atoms with van der Waals surface area (Å²) in [4.78, 5) is 12.1. The summed E-state index contributed by atoms with van der Waals surface area (Å²) in [7, 11) is 0. The first-order valence-corrected chi connectivity index (χ1v) is 7.90. The van der Waals surface area contributed by atoms with Gasteiger partial charge in [0.25, 0.3) is 0 Å². The minimum atomic E-state index is -0.887. The maximum absolute atomic E-state index is 13.1. The number of hydrogen-bond donors (Lipinski definition) is 2. The first-order chi connectivity index (χ1) is 10.7. The third-order valence-electron chi connectivity index (χ3n) is 4.16. The molecule has 0 aliphatic rings. The second-order valence-electron chi connectivity index (χ2n) is 6.67. The van der Waals surface area contributed by atoms with Crippen molar-refractivity contribution in [3.63, 3.8) is 0 Å². The van der Waals surface area contributed by atoms with Crippen LogP contribution in [-0.2, 0) is 4.79 Å². The summed E-state index contributed by atoms with van der Waals surface area (Å²) < 4.78 is 13.1. The van der Waals surface area contributed by atoms with Crippen LogP contribution in [0.5, 0.6) is 0 Å². The highest BCUT2D eigenvalue weighted by Gasteiger charge is 2.30. The molecule has 23 heavy (non-hydrogen) atoms. The van der Waals surface area contributed by atoms with Crippen LogP contribution in [0.3, 0.4) is 0 Å². The van der Waals surface area contributed by atoms with Crippen LogP contribution in [0.15, 0.2) is 24.3 Å². The van der Waals surface area contributed by atoms with E-state index in [0.717, 1.165) is 5.56 Å². The average molecular weight is 319 g/mol. The molecule has 126 valence electrons. The monoisotopic (exact) mass is 319 g/mol. The number of rotatable bonds is 7. The lowest BCUT2D eigenvalue weighted by atomic mass is 9.90. The van der Waals surface area contributed by atoms with Crippen molar-refractivity contribution in [3.05, 3.63) is 35.6 Å². The zero-order chi connectivity index (χ0) is 17.6. The average Bonchev–Trinajstić information content (AvgIpc) is 2.48. The number of benzene rings is 1. The second kappa shape index (κ2) is 8.07. The molecule has 4 nitrogen and oxygen atoms in total. The lowest BCUT2D eigenvalue weighted by Gasteiger charge is -2.28. The smallest absolute Gasteiger partial charge is 0.235 e. The first-order valence-electron chi connectivity index (χ1n) is 7.90. The predicted molar refractivity (Wildman–Crippen MR) is 89.0 cm³/mol. The molecule has 5 heteroatoms. The molecule has 0 aliphatic carbocycles. The van der Waals surface area contributed by atoms with Crippen molar-refractivity contribution in [1.29, 1.82) is 5.26 Å². The van der Waals surface area contributed by atoms with E-state index in [4.69, 9.17) is 0 Å². The maximum Gasteiger partial charge on any atom is 0.235 e. The number of nitrogens with one attached hydrogen (secondary N) is 2. The number of hydrogen-bond acceptors (Lipinski definition) is 3. The standard InChI is InChI=1S/C18H26FN3O/c1-12(2)17(14-6-8-15(19)9-7-14)21-10-16(23)22-18(5,11-20)13(3)4/h6-9,12-13,17,21H,10H2,1-5H3,(H,22,23)/t17-,18+/m0/s1. The quantitative estimate of drug-likeness (QED) is 0.811. The summed E-state index contributed by atoms with van der Waals surface area (Å²) in [6, 6.07) is 8.36. The molecule has 1 aromatic rings.